The number of anilines is 1. The Labute approximate surface area is 117 Å². The summed E-state index contributed by atoms with van der Waals surface area (Å²) < 4.78 is 13.1. The average molecular weight is 276 g/mol. The molecule has 0 radical (unpaired) electrons. The van der Waals surface area contributed by atoms with Crippen LogP contribution in [0.15, 0.2) is 42.5 Å². The standard InChI is InChI=1S/C16H15ClFN/c17-14-10-12(18)8-9-16(14)19-15-7-3-5-11-4-1-2-6-13(11)15/h1-2,4,6,8-10,15,19H,3,5,7H2. The highest BCUT2D eigenvalue weighted by Crippen LogP contribution is 2.34. The van der Waals surface area contributed by atoms with E-state index in [9.17, 15) is 4.39 Å². The quantitative estimate of drug-likeness (QED) is 0.816. The van der Waals surface area contributed by atoms with Crippen molar-refractivity contribution in [1.29, 1.82) is 0 Å². The summed E-state index contributed by atoms with van der Waals surface area (Å²) >= 11 is 6.07. The molecule has 2 aromatic carbocycles. The van der Waals surface area contributed by atoms with Gasteiger partial charge in [-0.3, -0.25) is 0 Å². The van der Waals surface area contributed by atoms with Crippen LogP contribution in [0.1, 0.15) is 30.0 Å². The zero-order valence-corrected chi connectivity index (χ0v) is 11.3. The summed E-state index contributed by atoms with van der Waals surface area (Å²) in [6.07, 6.45) is 3.36. The third-order valence-corrected chi connectivity index (χ3v) is 3.94. The Hall–Kier alpha value is -1.54. The van der Waals surface area contributed by atoms with Crippen LogP contribution in [0.25, 0.3) is 0 Å². The SMILES string of the molecule is Fc1ccc(NC2CCCc3ccccc32)c(Cl)c1. The summed E-state index contributed by atoms with van der Waals surface area (Å²) in [5, 5.41) is 3.87. The van der Waals surface area contributed by atoms with Gasteiger partial charge in [0.25, 0.3) is 0 Å². The van der Waals surface area contributed by atoms with Crippen LogP contribution in [-0.4, -0.2) is 0 Å². The van der Waals surface area contributed by atoms with Gasteiger partial charge in [0.05, 0.1) is 16.8 Å². The van der Waals surface area contributed by atoms with Crippen LogP contribution in [0.5, 0.6) is 0 Å². The van der Waals surface area contributed by atoms with Gasteiger partial charge in [0.15, 0.2) is 0 Å². The average Bonchev–Trinajstić information content (AvgIpc) is 2.42. The second-order valence-corrected chi connectivity index (χ2v) is 5.32. The molecular formula is C16H15ClFN. The van der Waals surface area contributed by atoms with Gasteiger partial charge in [-0.1, -0.05) is 35.9 Å². The molecule has 2 aromatic rings. The van der Waals surface area contributed by atoms with Crippen LogP contribution < -0.4 is 5.32 Å². The maximum absolute atomic E-state index is 13.1. The van der Waals surface area contributed by atoms with Crippen LogP contribution in [0.4, 0.5) is 10.1 Å². The molecule has 1 N–H and O–H groups in total. The van der Waals surface area contributed by atoms with Gasteiger partial charge >= 0.3 is 0 Å². The monoisotopic (exact) mass is 275 g/mol. The molecule has 0 spiro atoms. The van der Waals surface area contributed by atoms with Crippen molar-refractivity contribution in [2.75, 3.05) is 5.32 Å². The fraction of sp³-hybridized carbons (Fsp3) is 0.250. The van der Waals surface area contributed by atoms with Gasteiger partial charge in [-0.15, -0.1) is 0 Å². The summed E-state index contributed by atoms with van der Waals surface area (Å²) in [6, 6.07) is 13.2. The lowest BCUT2D eigenvalue weighted by molar-refractivity contribution is 0.599. The van der Waals surface area contributed by atoms with E-state index >= 15 is 0 Å². The first-order valence-electron chi connectivity index (χ1n) is 6.53. The van der Waals surface area contributed by atoms with Crippen LogP contribution >= 0.6 is 11.6 Å². The zero-order valence-electron chi connectivity index (χ0n) is 10.5. The molecule has 1 nitrogen and oxygen atoms in total. The van der Waals surface area contributed by atoms with E-state index < -0.39 is 0 Å². The van der Waals surface area contributed by atoms with Crippen molar-refractivity contribution in [3.8, 4) is 0 Å². The van der Waals surface area contributed by atoms with E-state index in [1.165, 1.54) is 23.3 Å². The number of halogens is 2. The predicted octanol–water partition coefficient (Wildman–Crippen LogP) is 4.97. The van der Waals surface area contributed by atoms with E-state index in [1.807, 2.05) is 0 Å². The van der Waals surface area contributed by atoms with E-state index in [0.29, 0.717) is 5.02 Å². The highest BCUT2D eigenvalue weighted by Gasteiger charge is 2.20. The molecule has 0 aromatic heterocycles. The lowest BCUT2D eigenvalue weighted by atomic mass is 9.87. The molecule has 0 heterocycles. The molecule has 1 aliphatic rings. The maximum atomic E-state index is 13.1. The van der Waals surface area contributed by atoms with Crippen molar-refractivity contribution in [2.45, 2.75) is 25.3 Å². The van der Waals surface area contributed by atoms with Crippen molar-refractivity contribution in [3.05, 3.63) is 64.4 Å². The molecule has 0 saturated heterocycles. The number of hydrogen-bond acceptors (Lipinski definition) is 1. The van der Waals surface area contributed by atoms with Gasteiger partial charge in [-0.2, -0.15) is 0 Å². The highest BCUT2D eigenvalue weighted by molar-refractivity contribution is 6.33. The Morgan fingerprint density at radius 3 is 2.84 bits per heavy atom. The summed E-state index contributed by atoms with van der Waals surface area (Å²) in [4.78, 5) is 0. The van der Waals surface area contributed by atoms with Crippen LogP contribution in [-0.2, 0) is 6.42 Å². The lowest BCUT2D eigenvalue weighted by Gasteiger charge is -2.27. The fourth-order valence-electron chi connectivity index (χ4n) is 2.70. The van der Waals surface area contributed by atoms with Crippen molar-refractivity contribution >= 4 is 17.3 Å². The van der Waals surface area contributed by atoms with Crippen LogP contribution in [0.3, 0.4) is 0 Å². The van der Waals surface area contributed by atoms with Gasteiger partial charge < -0.3 is 5.32 Å². The number of fused-ring (bicyclic) bond motifs is 1. The fourth-order valence-corrected chi connectivity index (χ4v) is 2.92. The summed E-state index contributed by atoms with van der Waals surface area (Å²) in [7, 11) is 0. The number of aryl methyl sites for hydroxylation is 1. The van der Waals surface area contributed by atoms with Gasteiger partial charge in [0.1, 0.15) is 5.82 Å². The molecule has 3 rings (SSSR count). The van der Waals surface area contributed by atoms with Crippen molar-refractivity contribution < 1.29 is 4.39 Å². The zero-order chi connectivity index (χ0) is 13.2. The first-order chi connectivity index (χ1) is 9.24. The number of hydrogen-bond donors (Lipinski definition) is 1. The molecule has 0 fully saturated rings. The van der Waals surface area contributed by atoms with E-state index in [1.54, 1.807) is 6.07 Å². The smallest absolute Gasteiger partial charge is 0.124 e. The predicted molar refractivity (Wildman–Crippen MR) is 77.2 cm³/mol. The van der Waals surface area contributed by atoms with Crippen molar-refractivity contribution in [1.82, 2.24) is 0 Å². The highest BCUT2D eigenvalue weighted by atomic mass is 35.5. The summed E-state index contributed by atoms with van der Waals surface area (Å²) in [6.45, 7) is 0. The minimum atomic E-state index is -0.306. The molecule has 98 valence electrons. The number of rotatable bonds is 2. The van der Waals surface area contributed by atoms with E-state index in [4.69, 9.17) is 11.6 Å². The Bertz CT molecular complexity index is 597. The summed E-state index contributed by atoms with van der Waals surface area (Å²) in [5.41, 5.74) is 3.52. The van der Waals surface area contributed by atoms with Crippen molar-refractivity contribution in [2.24, 2.45) is 0 Å². The Morgan fingerprint density at radius 2 is 2.00 bits per heavy atom. The minimum absolute atomic E-state index is 0.257. The molecular weight excluding hydrogens is 261 g/mol. The Kier molecular flexibility index (Phi) is 3.43. The largest absolute Gasteiger partial charge is 0.377 e. The molecule has 0 amide bonds. The molecule has 0 bridgehead atoms. The number of nitrogens with one attached hydrogen (secondary N) is 1. The second-order valence-electron chi connectivity index (χ2n) is 4.91. The maximum Gasteiger partial charge on any atom is 0.124 e. The lowest BCUT2D eigenvalue weighted by Crippen LogP contribution is -2.17. The Morgan fingerprint density at radius 1 is 1.16 bits per heavy atom. The Balaban J connectivity index is 1.88. The second kappa shape index (κ2) is 5.22. The third kappa shape index (κ3) is 2.59. The number of benzene rings is 2. The van der Waals surface area contributed by atoms with Gasteiger partial charge in [-0.05, 0) is 48.6 Å². The molecule has 0 aliphatic heterocycles. The van der Waals surface area contributed by atoms with Gasteiger partial charge in [0, 0.05) is 0 Å². The first-order valence-corrected chi connectivity index (χ1v) is 6.91. The van der Waals surface area contributed by atoms with Gasteiger partial charge in [0.2, 0.25) is 0 Å². The van der Waals surface area contributed by atoms with E-state index in [0.717, 1.165) is 24.9 Å². The molecule has 1 aliphatic carbocycles. The minimum Gasteiger partial charge on any atom is -0.377 e. The molecule has 0 saturated carbocycles. The molecule has 3 heteroatoms. The van der Waals surface area contributed by atoms with Gasteiger partial charge in [-0.25, -0.2) is 4.39 Å². The van der Waals surface area contributed by atoms with E-state index in [-0.39, 0.29) is 11.9 Å². The first kappa shape index (κ1) is 12.5. The molecule has 1 atom stereocenters. The van der Waals surface area contributed by atoms with Crippen molar-refractivity contribution in [3.63, 3.8) is 0 Å². The third-order valence-electron chi connectivity index (χ3n) is 3.63. The normalized spacial score (nSPS) is 17.9. The van der Waals surface area contributed by atoms with Crippen LogP contribution in [0, 0.1) is 5.82 Å². The topological polar surface area (TPSA) is 12.0 Å². The van der Waals surface area contributed by atoms with Crippen LogP contribution in [0.2, 0.25) is 5.02 Å². The molecule has 19 heavy (non-hydrogen) atoms. The van der Waals surface area contributed by atoms with E-state index in [2.05, 4.69) is 29.6 Å². The molecule has 1 unspecified atom stereocenters. The summed E-state index contributed by atoms with van der Waals surface area (Å²) in [5.74, 6) is -0.306.